The van der Waals surface area contributed by atoms with Crippen LogP contribution in [0.4, 0.5) is 11.6 Å². The summed E-state index contributed by atoms with van der Waals surface area (Å²) in [5, 5.41) is 14.8. The van der Waals surface area contributed by atoms with Crippen LogP contribution in [0.5, 0.6) is 0 Å². The van der Waals surface area contributed by atoms with Crippen LogP contribution in [0.1, 0.15) is 18.4 Å². The molecule has 2 N–H and O–H groups in total. The molecule has 6 heteroatoms. The monoisotopic (exact) mass is 316 g/mol. The van der Waals surface area contributed by atoms with Crippen molar-refractivity contribution in [3.05, 3.63) is 47.0 Å². The molecular formula is C16H17ClN4O. The average molecular weight is 317 g/mol. The van der Waals surface area contributed by atoms with E-state index in [1.54, 1.807) is 6.07 Å². The van der Waals surface area contributed by atoms with Crippen LogP contribution in [0.15, 0.2) is 36.4 Å². The lowest BCUT2D eigenvalue weighted by atomic mass is 10.1. The van der Waals surface area contributed by atoms with E-state index in [1.165, 1.54) is 5.56 Å². The van der Waals surface area contributed by atoms with Crippen molar-refractivity contribution in [1.82, 2.24) is 10.2 Å². The molecular weight excluding hydrogens is 300 g/mol. The summed E-state index contributed by atoms with van der Waals surface area (Å²) in [6, 6.07) is 11.4. The van der Waals surface area contributed by atoms with Crippen LogP contribution in [-0.4, -0.2) is 22.6 Å². The number of aromatic nitrogens is 2. The highest BCUT2D eigenvalue weighted by Crippen LogP contribution is 2.29. The fraction of sp³-hybridized carbons (Fsp3) is 0.312. The summed E-state index contributed by atoms with van der Waals surface area (Å²) in [7, 11) is 0. The van der Waals surface area contributed by atoms with Crippen molar-refractivity contribution in [1.29, 1.82) is 0 Å². The SMILES string of the molecule is O=C(Nc1ccc(NCCc2ccc(Cl)cc2)nn1)C1CC1. The van der Waals surface area contributed by atoms with E-state index in [-0.39, 0.29) is 11.8 Å². The van der Waals surface area contributed by atoms with Crippen LogP contribution in [0, 0.1) is 5.92 Å². The Morgan fingerprint density at radius 3 is 2.41 bits per heavy atom. The van der Waals surface area contributed by atoms with E-state index >= 15 is 0 Å². The molecule has 1 aliphatic rings. The van der Waals surface area contributed by atoms with Gasteiger partial charge in [-0.2, -0.15) is 0 Å². The largest absolute Gasteiger partial charge is 0.368 e. The molecule has 1 heterocycles. The maximum atomic E-state index is 11.6. The van der Waals surface area contributed by atoms with E-state index < -0.39 is 0 Å². The second kappa shape index (κ2) is 6.75. The van der Waals surface area contributed by atoms with E-state index in [4.69, 9.17) is 11.6 Å². The Bertz CT molecular complexity index is 638. The van der Waals surface area contributed by atoms with Crippen molar-refractivity contribution in [2.75, 3.05) is 17.2 Å². The lowest BCUT2D eigenvalue weighted by molar-refractivity contribution is -0.117. The van der Waals surface area contributed by atoms with Gasteiger partial charge < -0.3 is 10.6 Å². The van der Waals surface area contributed by atoms with Gasteiger partial charge in [-0.05, 0) is 49.1 Å². The van der Waals surface area contributed by atoms with Crippen molar-refractivity contribution in [3.63, 3.8) is 0 Å². The van der Waals surface area contributed by atoms with Gasteiger partial charge in [-0.1, -0.05) is 23.7 Å². The Hall–Kier alpha value is -2.14. The molecule has 1 aliphatic carbocycles. The minimum Gasteiger partial charge on any atom is -0.368 e. The summed E-state index contributed by atoms with van der Waals surface area (Å²) in [4.78, 5) is 11.6. The minimum absolute atomic E-state index is 0.0396. The molecule has 0 bridgehead atoms. The summed E-state index contributed by atoms with van der Waals surface area (Å²) < 4.78 is 0. The van der Waals surface area contributed by atoms with Gasteiger partial charge >= 0.3 is 0 Å². The molecule has 0 aliphatic heterocycles. The molecule has 3 rings (SSSR count). The van der Waals surface area contributed by atoms with Gasteiger partial charge in [0, 0.05) is 17.5 Å². The number of amides is 1. The number of nitrogens with zero attached hydrogens (tertiary/aromatic N) is 2. The third-order valence-corrected chi connectivity index (χ3v) is 3.75. The van der Waals surface area contributed by atoms with Gasteiger partial charge in [0.2, 0.25) is 5.91 Å². The third-order valence-electron chi connectivity index (χ3n) is 3.50. The number of hydrogen-bond donors (Lipinski definition) is 2. The number of benzene rings is 1. The van der Waals surface area contributed by atoms with Crippen molar-refractivity contribution >= 4 is 29.1 Å². The van der Waals surface area contributed by atoms with Crippen molar-refractivity contribution in [2.45, 2.75) is 19.3 Å². The first-order chi connectivity index (χ1) is 10.7. The maximum absolute atomic E-state index is 11.6. The van der Waals surface area contributed by atoms with Crippen molar-refractivity contribution in [2.24, 2.45) is 5.92 Å². The van der Waals surface area contributed by atoms with Gasteiger partial charge in [0.15, 0.2) is 5.82 Å². The Kier molecular flexibility index (Phi) is 4.53. The topological polar surface area (TPSA) is 66.9 Å². The summed E-state index contributed by atoms with van der Waals surface area (Å²) in [5.74, 6) is 1.40. The van der Waals surface area contributed by atoms with Crippen LogP contribution in [0.2, 0.25) is 5.02 Å². The minimum atomic E-state index is 0.0396. The summed E-state index contributed by atoms with van der Waals surface area (Å²) in [5.41, 5.74) is 1.21. The molecule has 0 spiro atoms. The van der Waals surface area contributed by atoms with Gasteiger partial charge in [-0.25, -0.2) is 0 Å². The van der Waals surface area contributed by atoms with Crippen molar-refractivity contribution < 1.29 is 4.79 Å². The summed E-state index contributed by atoms with van der Waals surface area (Å²) in [6.45, 7) is 0.754. The normalized spacial score (nSPS) is 13.7. The summed E-state index contributed by atoms with van der Waals surface area (Å²) in [6.07, 6.45) is 2.83. The van der Waals surface area contributed by atoms with Crippen LogP contribution in [-0.2, 0) is 11.2 Å². The Labute approximate surface area is 134 Å². The van der Waals surface area contributed by atoms with Gasteiger partial charge in [0.25, 0.3) is 0 Å². The highest BCUT2D eigenvalue weighted by molar-refractivity contribution is 6.30. The van der Waals surface area contributed by atoms with Gasteiger partial charge in [-0.3, -0.25) is 4.79 Å². The Morgan fingerprint density at radius 1 is 1.09 bits per heavy atom. The zero-order valence-electron chi connectivity index (χ0n) is 12.1. The van der Waals surface area contributed by atoms with Crippen LogP contribution >= 0.6 is 11.6 Å². The van der Waals surface area contributed by atoms with E-state index in [9.17, 15) is 4.79 Å². The smallest absolute Gasteiger partial charge is 0.228 e. The third kappa shape index (κ3) is 4.18. The van der Waals surface area contributed by atoms with Gasteiger partial charge in [-0.15, -0.1) is 10.2 Å². The number of halogens is 1. The quantitative estimate of drug-likeness (QED) is 0.859. The second-order valence-corrected chi connectivity index (χ2v) is 5.81. The zero-order valence-corrected chi connectivity index (χ0v) is 12.8. The molecule has 114 valence electrons. The number of carbonyl (C=O) groups excluding carboxylic acids is 1. The lowest BCUT2D eigenvalue weighted by Crippen LogP contribution is -2.15. The fourth-order valence-electron chi connectivity index (χ4n) is 2.05. The van der Waals surface area contributed by atoms with E-state index in [0.29, 0.717) is 11.6 Å². The lowest BCUT2D eigenvalue weighted by Gasteiger charge is -2.06. The molecule has 1 saturated carbocycles. The first kappa shape index (κ1) is 14.8. The predicted molar refractivity (Wildman–Crippen MR) is 87.0 cm³/mol. The molecule has 0 saturated heterocycles. The molecule has 2 aromatic rings. The predicted octanol–water partition coefficient (Wildman–Crippen LogP) is 3.13. The molecule has 1 aromatic heterocycles. The number of rotatable bonds is 6. The first-order valence-corrected chi connectivity index (χ1v) is 7.71. The fourth-order valence-corrected chi connectivity index (χ4v) is 2.18. The maximum Gasteiger partial charge on any atom is 0.228 e. The molecule has 0 atom stereocenters. The number of hydrogen-bond acceptors (Lipinski definition) is 4. The summed E-state index contributed by atoms with van der Waals surface area (Å²) >= 11 is 5.85. The van der Waals surface area contributed by atoms with Crippen LogP contribution < -0.4 is 10.6 Å². The Balaban J connectivity index is 1.46. The van der Waals surface area contributed by atoms with Crippen molar-refractivity contribution in [3.8, 4) is 0 Å². The highest BCUT2D eigenvalue weighted by Gasteiger charge is 2.29. The number of anilines is 2. The Morgan fingerprint density at radius 2 is 1.77 bits per heavy atom. The average Bonchev–Trinajstić information content (AvgIpc) is 3.36. The highest BCUT2D eigenvalue weighted by atomic mass is 35.5. The molecule has 1 fully saturated rings. The van der Waals surface area contributed by atoms with E-state index in [2.05, 4.69) is 20.8 Å². The van der Waals surface area contributed by atoms with Crippen LogP contribution in [0.25, 0.3) is 0 Å². The van der Waals surface area contributed by atoms with E-state index in [1.807, 2.05) is 30.3 Å². The van der Waals surface area contributed by atoms with Gasteiger partial charge in [0.1, 0.15) is 5.82 Å². The molecule has 0 radical (unpaired) electrons. The van der Waals surface area contributed by atoms with Gasteiger partial charge in [0.05, 0.1) is 0 Å². The second-order valence-electron chi connectivity index (χ2n) is 5.37. The zero-order chi connectivity index (χ0) is 15.4. The number of nitrogens with one attached hydrogen (secondary N) is 2. The molecule has 22 heavy (non-hydrogen) atoms. The molecule has 1 amide bonds. The molecule has 1 aromatic carbocycles. The molecule has 0 unspecified atom stereocenters. The standard InChI is InChI=1S/C16H17ClN4O/c17-13-5-1-11(2-6-13)9-10-18-14-7-8-15(21-20-14)19-16(22)12-3-4-12/h1-2,5-8,12H,3-4,9-10H2,(H,18,20)(H,19,21,22). The number of carbonyl (C=O) groups is 1. The van der Waals surface area contributed by atoms with E-state index in [0.717, 1.165) is 30.8 Å². The first-order valence-electron chi connectivity index (χ1n) is 7.33. The molecule has 5 nitrogen and oxygen atoms in total. The van der Waals surface area contributed by atoms with Crippen LogP contribution in [0.3, 0.4) is 0 Å².